The number of nitrogens with zero attached hydrogens (tertiary/aromatic N) is 1. The molecule has 0 radical (unpaired) electrons. The standard InChI is InChI=1S/C12H23NO.C9H18/c1-12(2,3)8-7-11(14)13-9-5-4-6-10-13;1-8-4-6-9(2,3)7-5-8/h4-10H2,1-3H3;8H,4-7H2,1-3H3. The van der Waals surface area contributed by atoms with E-state index in [9.17, 15) is 4.79 Å². The van der Waals surface area contributed by atoms with Crippen LogP contribution in [0.4, 0.5) is 0 Å². The number of carbonyl (C=O) groups excluding carboxylic acids is 1. The fourth-order valence-corrected chi connectivity index (χ4v) is 3.33. The van der Waals surface area contributed by atoms with Gasteiger partial charge in [-0.2, -0.15) is 0 Å². The SMILES string of the molecule is CC(C)(C)CCC(=O)N1CCCCC1.CC1CCC(C)(C)CC1. The Kier molecular flexibility index (Phi) is 8.10. The Morgan fingerprint density at radius 2 is 1.57 bits per heavy atom. The van der Waals surface area contributed by atoms with Crippen LogP contribution in [0, 0.1) is 16.7 Å². The molecule has 1 heterocycles. The number of amides is 1. The van der Waals surface area contributed by atoms with Crippen molar-refractivity contribution < 1.29 is 4.79 Å². The van der Waals surface area contributed by atoms with Gasteiger partial charge in [0.15, 0.2) is 0 Å². The Hall–Kier alpha value is -0.530. The molecule has 1 aliphatic carbocycles. The number of rotatable bonds is 2. The highest BCUT2D eigenvalue weighted by atomic mass is 16.2. The maximum atomic E-state index is 11.8. The fourth-order valence-electron chi connectivity index (χ4n) is 3.33. The average Bonchev–Trinajstić information content (AvgIpc) is 2.49. The van der Waals surface area contributed by atoms with E-state index in [2.05, 4.69) is 41.5 Å². The summed E-state index contributed by atoms with van der Waals surface area (Å²) in [7, 11) is 0. The maximum absolute atomic E-state index is 11.8. The number of likely N-dealkylation sites (tertiary alicyclic amines) is 1. The zero-order valence-electron chi connectivity index (χ0n) is 16.7. The minimum atomic E-state index is 0.283. The molecule has 0 N–H and O–H groups in total. The van der Waals surface area contributed by atoms with Crippen LogP contribution in [0.25, 0.3) is 0 Å². The summed E-state index contributed by atoms with van der Waals surface area (Å²) in [5.41, 5.74) is 0.942. The quantitative estimate of drug-likeness (QED) is 0.606. The second kappa shape index (κ2) is 9.08. The van der Waals surface area contributed by atoms with Crippen LogP contribution in [-0.4, -0.2) is 23.9 Å². The Morgan fingerprint density at radius 3 is 2.00 bits per heavy atom. The summed E-state index contributed by atoms with van der Waals surface area (Å²) in [4.78, 5) is 13.8. The summed E-state index contributed by atoms with van der Waals surface area (Å²) in [5, 5.41) is 0. The van der Waals surface area contributed by atoms with Crippen molar-refractivity contribution in [1.29, 1.82) is 0 Å². The van der Waals surface area contributed by atoms with Crippen LogP contribution in [-0.2, 0) is 4.79 Å². The van der Waals surface area contributed by atoms with Gasteiger partial charge < -0.3 is 4.90 Å². The molecule has 0 aromatic carbocycles. The lowest BCUT2D eigenvalue weighted by Crippen LogP contribution is -2.35. The minimum absolute atomic E-state index is 0.283. The predicted molar refractivity (Wildman–Crippen MR) is 101 cm³/mol. The molecule has 23 heavy (non-hydrogen) atoms. The maximum Gasteiger partial charge on any atom is 0.222 e. The molecule has 0 aromatic heterocycles. The van der Waals surface area contributed by atoms with E-state index in [0.717, 1.165) is 31.8 Å². The fraction of sp³-hybridized carbons (Fsp3) is 0.952. The van der Waals surface area contributed by atoms with Crippen LogP contribution in [0.5, 0.6) is 0 Å². The van der Waals surface area contributed by atoms with Crippen LogP contribution in [0.3, 0.4) is 0 Å². The van der Waals surface area contributed by atoms with Gasteiger partial charge in [0.05, 0.1) is 0 Å². The Morgan fingerprint density at radius 1 is 1.04 bits per heavy atom. The van der Waals surface area contributed by atoms with Gasteiger partial charge in [-0.05, 0) is 55.3 Å². The summed E-state index contributed by atoms with van der Waals surface area (Å²) in [6, 6.07) is 0. The first-order valence-corrected chi connectivity index (χ1v) is 9.87. The van der Waals surface area contributed by atoms with Crippen molar-refractivity contribution in [2.45, 2.75) is 99.3 Å². The van der Waals surface area contributed by atoms with Gasteiger partial charge in [0.1, 0.15) is 0 Å². The molecular weight excluding hydrogens is 282 g/mol. The van der Waals surface area contributed by atoms with Crippen molar-refractivity contribution in [1.82, 2.24) is 4.90 Å². The summed E-state index contributed by atoms with van der Waals surface area (Å²) in [6.45, 7) is 15.7. The monoisotopic (exact) mass is 323 g/mol. The molecule has 2 fully saturated rings. The number of hydrogen-bond acceptors (Lipinski definition) is 1. The highest BCUT2D eigenvalue weighted by molar-refractivity contribution is 5.76. The molecule has 0 bridgehead atoms. The third-order valence-corrected chi connectivity index (χ3v) is 5.43. The topological polar surface area (TPSA) is 20.3 Å². The van der Waals surface area contributed by atoms with Gasteiger partial charge in [0.25, 0.3) is 0 Å². The number of carbonyl (C=O) groups is 1. The normalized spacial score (nSPS) is 22.3. The highest BCUT2D eigenvalue weighted by Crippen LogP contribution is 2.37. The van der Waals surface area contributed by atoms with Crippen molar-refractivity contribution in [2.24, 2.45) is 16.7 Å². The van der Waals surface area contributed by atoms with Crippen molar-refractivity contribution in [3.63, 3.8) is 0 Å². The molecule has 0 aromatic rings. The zero-order chi connectivity index (χ0) is 17.5. The van der Waals surface area contributed by atoms with E-state index < -0.39 is 0 Å². The molecule has 1 saturated carbocycles. The highest BCUT2D eigenvalue weighted by Gasteiger charge is 2.24. The van der Waals surface area contributed by atoms with E-state index in [4.69, 9.17) is 0 Å². The van der Waals surface area contributed by atoms with Crippen molar-refractivity contribution in [3.05, 3.63) is 0 Å². The summed E-state index contributed by atoms with van der Waals surface area (Å²) >= 11 is 0. The first-order chi connectivity index (χ1) is 10.6. The second-order valence-corrected chi connectivity index (χ2v) is 9.85. The van der Waals surface area contributed by atoms with E-state index in [1.807, 2.05) is 4.90 Å². The van der Waals surface area contributed by atoms with Crippen LogP contribution in [0.1, 0.15) is 99.3 Å². The number of hydrogen-bond donors (Lipinski definition) is 0. The van der Waals surface area contributed by atoms with E-state index >= 15 is 0 Å². The van der Waals surface area contributed by atoms with Crippen molar-refractivity contribution in [3.8, 4) is 0 Å². The van der Waals surface area contributed by atoms with Crippen LogP contribution in [0.15, 0.2) is 0 Å². The molecule has 2 rings (SSSR count). The molecule has 2 heteroatoms. The molecule has 0 unspecified atom stereocenters. The lowest BCUT2D eigenvalue weighted by Gasteiger charge is -2.32. The minimum Gasteiger partial charge on any atom is -0.343 e. The zero-order valence-corrected chi connectivity index (χ0v) is 16.7. The smallest absolute Gasteiger partial charge is 0.222 e. The first kappa shape index (κ1) is 20.5. The van der Waals surface area contributed by atoms with Gasteiger partial charge in [0.2, 0.25) is 5.91 Å². The third-order valence-electron chi connectivity index (χ3n) is 5.43. The number of piperidine rings is 1. The van der Waals surface area contributed by atoms with Crippen LogP contribution in [0.2, 0.25) is 0 Å². The van der Waals surface area contributed by atoms with Gasteiger partial charge in [-0.1, -0.05) is 54.4 Å². The Balaban J connectivity index is 0.000000253. The van der Waals surface area contributed by atoms with Gasteiger partial charge in [-0.15, -0.1) is 0 Å². The lowest BCUT2D eigenvalue weighted by molar-refractivity contribution is -0.132. The Labute approximate surface area is 145 Å². The molecule has 136 valence electrons. The molecule has 0 atom stereocenters. The predicted octanol–water partition coefficient (Wildman–Crippen LogP) is 6.05. The molecule has 2 nitrogen and oxygen atoms in total. The molecular formula is C21H41NO. The molecule has 1 amide bonds. The van der Waals surface area contributed by atoms with Gasteiger partial charge in [0, 0.05) is 19.5 Å². The average molecular weight is 324 g/mol. The van der Waals surface area contributed by atoms with Crippen LogP contribution < -0.4 is 0 Å². The van der Waals surface area contributed by atoms with Crippen molar-refractivity contribution in [2.75, 3.05) is 13.1 Å². The van der Waals surface area contributed by atoms with Gasteiger partial charge >= 0.3 is 0 Å². The van der Waals surface area contributed by atoms with E-state index in [-0.39, 0.29) is 5.41 Å². The first-order valence-electron chi connectivity index (χ1n) is 9.87. The molecule has 1 saturated heterocycles. The second-order valence-electron chi connectivity index (χ2n) is 9.85. The molecule has 2 aliphatic rings. The lowest BCUT2D eigenvalue weighted by atomic mass is 9.74. The van der Waals surface area contributed by atoms with Crippen LogP contribution >= 0.6 is 0 Å². The van der Waals surface area contributed by atoms with Gasteiger partial charge in [-0.3, -0.25) is 4.79 Å². The Bertz CT molecular complexity index is 337. The van der Waals surface area contributed by atoms with E-state index in [1.165, 1.54) is 44.9 Å². The molecule has 1 aliphatic heterocycles. The summed E-state index contributed by atoms with van der Waals surface area (Å²) in [6.07, 6.45) is 11.2. The summed E-state index contributed by atoms with van der Waals surface area (Å²) < 4.78 is 0. The van der Waals surface area contributed by atoms with Crippen molar-refractivity contribution >= 4 is 5.91 Å². The molecule has 0 spiro atoms. The van der Waals surface area contributed by atoms with E-state index in [1.54, 1.807) is 0 Å². The summed E-state index contributed by atoms with van der Waals surface area (Å²) in [5.74, 6) is 1.36. The van der Waals surface area contributed by atoms with Gasteiger partial charge in [-0.25, -0.2) is 0 Å². The van der Waals surface area contributed by atoms with E-state index in [0.29, 0.717) is 11.3 Å². The largest absolute Gasteiger partial charge is 0.343 e. The third kappa shape index (κ3) is 9.37.